The van der Waals surface area contributed by atoms with Crippen LogP contribution < -0.4 is 10.2 Å². The minimum atomic E-state index is -1.09. The van der Waals surface area contributed by atoms with E-state index < -0.39 is 5.97 Å². The number of aromatic carboxylic acids is 1. The average Bonchev–Trinajstić information content (AvgIpc) is 2.59. The second-order valence-corrected chi connectivity index (χ2v) is 5.07. The Morgan fingerprint density at radius 1 is 1.21 bits per heavy atom. The summed E-state index contributed by atoms with van der Waals surface area (Å²) in [6.07, 6.45) is 0. The molecular formula is C17H19N5O2. The van der Waals surface area contributed by atoms with E-state index in [4.69, 9.17) is 5.53 Å². The molecular weight excluding hydrogens is 306 g/mol. The van der Waals surface area contributed by atoms with E-state index in [9.17, 15) is 9.90 Å². The highest BCUT2D eigenvalue weighted by Crippen LogP contribution is 2.27. The van der Waals surface area contributed by atoms with Crippen LogP contribution in [0.1, 0.15) is 24.2 Å². The number of carbonyl (C=O) groups is 1. The second kappa shape index (κ2) is 7.89. The van der Waals surface area contributed by atoms with Gasteiger partial charge in [-0.05, 0) is 55.8 Å². The van der Waals surface area contributed by atoms with Crippen LogP contribution in [0.25, 0.3) is 10.4 Å². The molecule has 0 amide bonds. The zero-order valence-corrected chi connectivity index (χ0v) is 13.6. The van der Waals surface area contributed by atoms with Crippen LogP contribution in [0.5, 0.6) is 0 Å². The number of benzene rings is 2. The molecule has 0 unspecified atom stereocenters. The van der Waals surface area contributed by atoms with E-state index in [0.29, 0.717) is 5.69 Å². The van der Waals surface area contributed by atoms with Crippen LogP contribution in [-0.2, 0) is 0 Å². The van der Waals surface area contributed by atoms with Gasteiger partial charge < -0.3 is 15.3 Å². The van der Waals surface area contributed by atoms with Gasteiger partial charge in [0, 0.05) is 35.1 Å². The van der Waals surface area contributed by atoms with Gasteiger partial charge in [0.05, 0.1) is 11.3 Å². The van der Waals surface area contributed by atoms with Crippen LogP contribution in [0.15, 0.2) is 47.6 Å². The monoisotopic (exact) mass is 325 g/mol. The SMILES string of the molecule is CCN(CC)c1ccc(Nc2ccc(N=[N+]=[N-])cc2C(=O)O)cc1. The van der Waals surface area contributed by atoms with E-state index in [1.54, 1.807) is 12.1 Å². The van der Waals surface area contributed by atoms with E-state index >= 15 is 0 Å². The molecule has 2 aromatic carbocycles. The number of hydrogen-bond acceptors (Lipinski definition) is 4. The Bertz CT molecular complexity index is 763. The van der Waals surface area contributed by atoms with Crippen molar-refractivity contribution in [2.75, 3.05) is 23.3 Å². The second-order valence-electron chi connectivity index (χ2n) is 5.07. The summed E-state index contributed by atoms with van der Waals surface area (Å²) in [7, 11) is 0. The predicted molar refractivity (Wildman–Crippen MR) is 95.5 cm³/mol. The average molecular weight is 325 g/mol. The van der Waals surface area contributed by atoms with Crippen molar-refractivity contribution in [2.24, 2.45) is 5.11 Å². The highest BCUT2D eigenvalue weighted by atomic mass is 16.4. The van der Waals surface area contributed by atoms with E-state index in [1.165, 1.54) is 6.07 Å². The normalized spacial score (nSPS) is 9.92. The third kappa shape index (κ3) is 3.97. The Kier molecular flexibility index (Phi) is 5.65. The largest absolute Gasteiger partial charge is 0.478 e. The van der Waals surface area contributed by atoms with Crippen molar-refractivity contribution in [2.45, 2.75) is 13.8 Å². The number of carboxylic acids is 1. The Hall–Kier alpha value is -3.18. The fraction of sp³-hybridized carbons (Fsp3) is 0.235. The summed E-state index contributed by atoms with van der Waals surface area (Å²) in [5.41, 5.74) is 11.1. The van der Waals surface area contributed by atoms with Gasteiger partial charge in [-0.25, -0.2) is 4.79 Å². The first-order chi connectivity index (χ1) is 11.6. The van der Waals surface area contributed by atoms with Crippen molar-refractivity contribution in [3.63, 3.8) is 0 Å². The molecule has 0 aliphatic carbocycles. The van der Waals surface area contributed by atoms with Gasteiger partial charge >= 0.3 is 5.97 Å². The van der Waals surface area contributed by atoms with Crippen LogP contribution in [0, 0.1) is 0 Å². The number of nitrogens with one attached hydrogen (secondary N) is 1. The lowest BCUT2D eigenvalue weighted by molar-refractivity contribution is 0.0698. The van der Waals surface area contributed by atoms with Gasteiger partial charge in [-0.1, -0.05) is 11.2 Å². The Balaban J connectivity index is 2.27. The first kappa shape index (κ1) is 17.2. The minimum absolute atomic E-state index is 0.0488. The summed E-state index contributed by atoms with van der Waals surface area (Å²) in [6.45, 7) is 6.04. The molecule has 0 saturated carbocycles. The van der Waals surface area contributed by atoms with Gasteiger partial charge in [0.1, 0.15) is 0 Å². The van der Waals surface area contributed by atoms with E-state index in [1.807, 2.05) is 24.3 Å². The Labute approximate surface area is 140 Å². The molecule has 0 aliphatic heterocycles. The molecule has 0 radical (unpaired) electrons. The lowest BCUT2D eigenvalue weighted by Crippen LogP contribution is -2.21. The van der Waals surface area contributed by atoms with Gasteiger partial charge in [-0.15, -0.1) is 0 Å². The fourth-order valence-corrected chi connectivity index (χ4v) is 2.43. The minimum Gasteiger partial charge on any atom is -0.478 e. The van der Waals surface area contributed by atoms with Crippen LogP contribution in [0.2, 0.25) is 0 Å². The van der Waals surface area contributed by atoms with Gasteiger partial charge in [-0.3, -0.25) is 0 Å². The van der Waals surface area contributed by atoms with Crippen LogP contribution >= 0.6 is 0 Å². The number of carboxylic acid groups (broad SMARTS) is 1. The standard InChI is InChI=1S/C17H19N5O2/c1-3-22(4-2)14-8-5-12(6-9-14)19-16-10-7-13(20-21-18)11-15(16)17(23)24/h5-11,19H,3-4H2,1-2H3,(H,23,24). The summed E-state index contributed by atoms with van der Waals surface area (Å²) in [6, 6.07) is 12.3. The summed E-state index contributed by atoms with van der Waals surface area (Å²) in [5, 5.41) is 15.9. The van der Waals surface area contributed by atoms with Gasteiger partial charge in [0.15, 0.2) is 0 Å². The van der Waals surface area contributed by atoms with Gasteiger partial charge in [0.25, 0.3) is 0 Å². The van der Waals surface area contributed by atoms with E-state index in [-0.39, 0.29) is 11.3 Å². The van der Waals surface area contributed by atoms with Crippen molar-refractivity contribution in [3.8, 4) is 0 Å². The van der Waals surface area contributed by atoms with Crippen molar-refractivity contribution in [1.29, 1.82) is 0 Å². The quantitative estimate of drug-likeness (QED) is 0.428. The fourth-order valence-electron chi connectivity index (χ4n) is 2.43. The summed E-state index contributed by atoms with van der Waals surface area (Å²) in [4.78, 5) is 16.3. The molecule has 0 saturated heterocycles. The molecule has 0 aliphatic rings. The molecule has 0 atom stereocenters. The summed E-state index contributed by atoms with van der Waals surface area (Å²) < 4.78 is 0. The molecule has 0 bridgehead atoms. The van der Waals surface area contributed by atoms with E-state index in [0.717, 1.165) is 24.5 Å². The van der Waals surface area contributed by atoms with Crippen molar-refractivity contribution >= 4 is 28.7 Å². The number of nitrogens with zero attached hydrogens (tertiary/aromatic N) is 4. The zero-order valence-electron chi connectivity index (χ0n) is 13.6. The lowest BCUT2D eigenvalue weighted by atomic mass is 10.1. The number of azide groups is 1. The van der Waals surface area contributed by atoms with Crippen LogP contribution in [0.3, 0.4) is 0 Å². The van der Waals surface area contributed by atoms with E-state index in [2.05, 4.69) is 34.1 Å². The van der Waals surface area contributed by atoms with Gasteiger partial charge in [0.2, 0.25) is 0 Å². The molecule has 0 spiro atoms. The predicted octanol–water partition coefficient (Wildman–Crippen LogP) is 4.92. The number of hydrogen-bond donors (Lipinski definition) is 2. The first-order valence-electron chi connectivity index (χ1n) is 7.63. The molecule has 24 heavy (non-hydrogen) atoms. The smallest absolute Gasteiger partial charge is 0.337 e. The topological polar surface area (TPSA) is 101 Å². The maximum Gasteiger partial charge on any atom is 0.337 e. The Morgan fingerprint density at radius 2 is 1.88 bits per heavy atom. The molecule has 2 rings (SSSR count). The van der Waals surface area contributed by atoms with Crippen LogP contribution in [0.4, 0.5) is 22.7 Å². The maximum atomic E-state index is 11.4. The summed E-state index contributed by atoms with van der Waals surface area (Å²) in [5.74, 6) is -1.09. The zero-order chi connectivity index (χ0) is 17.5. The third-order valence-corrected chi connectivity index (χ3v) is 3.67. The maximum absolute atomic E-state index is 11.4. The van der Waals surface area contributed by atoms with Crippen LogP contribution in [-0.4, -0.2) is 24.2 Å². The molecule has 0 fully saturated rings. The highest BCUT2D eigenvalue weighted by Gasteiger charge is 2.11. The van der Waals surface area contributed by atoms with Crippen molar-refractivity contribution in [1.82, 2.24) is 0 Å². The molecule has 7 heteroatoms. The highest BCUT2D eigenvalue weighted by molar-refractivity contribution is 5.96. The molecule has 0 aromatic heterocycles. The molecule has 2 aromatic rings. The third-order valence-electron chi connectivity index (χ3n) is 3.67. The Morgan fingerprint density at radius 3 is 2.42 bits per heavy atom. The molecule has 2 N–H and O–H groups in total. The summed E-state index contributed by atoms with van der Waals surface area (Å²) >= 11 is 0. The molecule has 0 heterocycles. The van der Waals surface area contributed by atoms with Gasteiger partial charge in [-0.2, -0.15) is 0 Å². The lowest BCUT2D eigenvalue weighted by Gasteiger charge is -2.21. The van der Waals surface area contributed by atoms with Crippen molar-refractivity contribution in [3.05, 3.63) is 58.5 Å². The molecule has 124 valence electrons. The molecule has 7 nitrogen and oxygen atoms in total. The first-order valence-corrected chi connectivity index (χ1v) is 7.63. The van der Waals surface area contributed by atoms with Crippen molar-refractivity contribution < 1.29 is 9.90 Å². The number of anilines is 3. The number of rotatable bonds is 7.